The Kier molecular flexibility index (Phi) is 5.74. The van der Waals surface area contributed by atoms with Gasteiger partial charge in [0.25, 0.3) is 0 Å². The molecule has 2 aromatic rings. The van der Waals surface area contributed by atoms with Crippen molar-refractivity contribution in [1.29, 1.82) is 0 Å². The van der Waals surface area contributed by atoms with Crippen molar-refractivity contribution in [3.05, 3.63) is 64.1 Å². The van der Waals surface area contributed by atoms with Gasteiger partial charge in [0, 0.05) is 24.7 Å². The number of halogens is 1. The molecule has 1 aliphatic rings. The van der Waals surface area contributed by atoms with Crippen LogP contribution >= 0.6 is 15.9 Å². The molecule has 3 rings (SSSR count). The first kappa shape index (κ1) is 16.1. The Balaban J connectivity index is 1.69. The van der Waals surface area contributed by atoms with E-state index in [1.54, 1.807) is 0 Å². The van der Waals surface area contributed by atoms with E-state index in [0.717, 1.165) is 47.4 Å². The van der Waals surface area contributed by atoms with Crippen molar-refractivity contribution in [3.63, 3.8) is 0 Å². The molecule has 1 heterocycles. The highest BCUT2D eigenvalue weighted by Gasteiger charge is 2.11. The second-order valence-electron chi connectivity index (χ2n) is 5.55. The molecule has 0 N–H and O–H groups in total. The van der Waals surface area contributed by atoms with Gasteiger partial charge in [-0.2, -0.15) is 0 Å². The number of hydrogen-bond donors (Lipinski definition) is 0. The summed E-state index contributed by atoms with van der Waals surface area (Å²) in [5, 5.41) is 0. The van der Waals surface area contributed by atoms with Crippen LogP contribution < -0.4 is 4.74 Å². The van der Waals surface area contributed by atoms with Gasteiger partial charge in [0.1, 0.15) is 12.4 Å². The summed E-state index contributed by atoms with van der Waals surface area (Å²) in [4.78, 5) is 0. The first-order valence-electron chi connectivity index (χ1n) is 7.87. The molecular weight excluding hydrogens is 352 g/mol. The molecule has 2 nitrogen and oxygen atoms in total. The minimum atomic E-state index is 0.435. The molecule has 0 amide bonds. The normalized spacial score (nSPS) is 14.8. The minimum Gasteiger partial charge on any atom is -0.488 e. The van der Waals surface area contributed by atoms with E-state index >= 15 is 0 Å². The van der Waals surface area contributed by atoms with Gasteiger partial charge in [0.2, 0.25) is 0 Å². The maximum atomic E-state index is 5.92. The average Bonchev–Trinajstić information content (AvgIpc) is 2.61. The third-order valence-corrected chi connectivity index (χ3v) is 4.65. The molecule has 0 bridgehead atoms. The quantitative estimate of drug-likeness (QED) is 0.722. The van der Waals surface area contributed by atoms with Crippen molar-refractivity contribution < 1.29 is 9.47 Å². The summed E-state index contributed by atoms with van der Waals surface area (Å²) in [6.07, 6.45) is 2.05. The summed E-state index contributed by atoms with van der Waals surface area (Å²) in [5.74, 6) is 7.91. The molecule has 0 aliphatic carbocycles. The van der Waals surface area contributed by atoms with Crippen LogP contribution in [0.3, 0.4) is 0 Å². The van der Waals surface area contributed by atoms with Gasteiger partial charge in [0.05, 0.1) is 4.47 Å². The summed E-state index contributed by atoms with van der Waals surface area (Å²) in [7, 11) is 0. The lowest BCUT2D eigenvalue weighted by Crippen LogP contribution is -2.13. The van der Waals surface area contributed by atoms with Gasteiger partial charge in [-0.15, -0.1) is 0 Å². The Labute approximate surface area is 145 Å². The van der Waals surface area contributed by atoms with E-state index in [-0.39, 0.29) is 0 Å². The van der Waals surface area contributed by atoms with Crippen LogP contribution in [0.2, 0.25) is 0 Å². The molecule has 1 saturated heterocycles. The van der Waals surface area contributed by atoms with Gasteiger partial charge >= 0.3 is 0 Å². The van der Waals surface area contributed by atoms with Gasteiger partial charge in [-0.05, 0) is 46.5 Å². The SMILES string of the molecule is Brc1c(C#CC2CCOCC2)cccc1OCc1ccccc1. The average molecular weight is 371 g/mol. The zero-order valence-electron chi connectivity index (χ0n) is 12.9. The van der Waals surface area contributed by atoms with Crippen LogP contribution in [-0.4, -0.2) is 13.2 Å². The number of benzene rings is 2. The monoisotopic (exact) mass is 370 g/mol. The molecule has 0 unspecified atom stereocenters. The largest absolute Gasteiger partial charge is 0.488 e. The third kappa shape index (κ3) is 4.60. The fourth-order valence-corrected chi connectivity index (χ4v) is 2.95. The summed E-state index contributed by atoms with van der Waals surface area (Å²) in [6.45, 7) is 2.19. The predicted octanol–water partition coefficient (Wildman–Crippen LogP) is 4.81. The first-order valence-corrected chi connectivity index (χ1v) is 8.67. The van der Waals surface area contributed by atoms with Gasteiger partial charge in [-0.1, -0.05) is 48.2 Å². The van der Waals surface area contributed by atoms with E-state index in [0.29, 0.717) is 12.5 Å². The van der Waals surface area contributed by atoms with Crippen molar-refractivity contribution in [2.75, 3.05) is 13.2 Å². The second-order valence-corrected chi connectivity index (χ2v) is 6.34. The van der Waals surface area contributed by atoms with Crippen LogP contribution in [0.1, 0.15) is 24.0 Å². The summed E-state index contributed by atoms with van der Waals surface area (Å²) in [5.41, 5.74) is 2.13. The smallest absolute Gasteiger partial charge is 0.135 e. The van der Waals surface area contributed by atoms with E-state index in [1.165, 1.54) is 0 Å². The molecule has 23 heavy (non-hydrogen) atoms. The molecule has 0 atom stereocenters. The second kappa shape index (κ2) is 8.19. The van der Waals surface area contributed by atoms with Crippen molar-refractivity contribution in [2.45, 2.75) is 19.4 Å². The van der Waals surface area contributed by atoms with E-state index < -0.39 is 0 Å². The van der Waals surface area contributed by atoms with Crippen molar-refractivity contribution in [2.24, 2.45) is 5.92 Å². The van der Waals surface area contributed by atoms with Crippen LogP contribution in [0.25, 0.3) is 0 Å². The van der Waals surface area contributed by atoms with Crippen LogP contribution in [-0.2, 0) is 11.3 Å². The highest BCUT2D eigenvalue weighted by Crippen LogP contribution is 2.29. The molecule has 0 spiro atoms. The maximum Gasteiger partial charge on any atom is 0.135 e. The molecule has 0 radical (unpaired) electrons. The highest BCUT2D eigenvalue weighted by molar-refractivity contribution is 9.10. The number of ether oxygens (including phenoxy) is 2. The Hall–Kier alpha value is -1.76. The first-order chi connectivity index (χ1) is 11.3. The van der Waals surface area contributed by atoms with Crippen LogP contribution in [0.5, 0.6) is 5.75 Å². The van der Waals surface area contributed by atoms with Gasteiger partial charge in [-0.25, -0.2) is 0 Å². The van der Waals surface area contributed by atoms with Gasteiger partial charge < -0.3 is 9.47 Å². The Morgan fingerprint density at radius 1 is 1.04 bits per heavy atom. The van der Waals surface area contributed by atoms with Gasteiger partial charge in [0.15, 0.2) is 0 Å². The topological polar surface area (TPSA) is 18.5 Å². The Bertz CT molecular complexity index is 695. The molecule has 0 aromatic heterocycles. The minimum absolute atomic E-state index is 0.435. The van der Waals surface area contributed by atoms with Crippen LogP contribution in [0.15, 0.2) is 53.0 Å². The predicted molar refractivity (Wildman–Crippen MR) is 95.3 cm³/mol. The Morgan fingerprint density at radius 3 is 2.61 bits per heavy atom. The fraction of sp³-hybridized carbons (Fsp3) is 0.300. The molecule has 1 fully saturated rings. The fourth-order valence-electron chi connectivity index (χ4n) is 2.48. The highest BCUT2D eigenvalue weighted by atomic mass is 79.9. The molecule has 3 heteroatoms. The number of hydrogen-bond acceptors (Lipinski definition) is 2. The van der Waals surface area contributed by atoms with E-state index in [4.69, 9.17) is 9.47 Å². The third-order valence-electron chi connectivity index (χ3n) is 3.83. The maximum absolute atomic E-state index is 5.92. The molecule has 0 saturated carbocycles. The standard InChI is InChI=1S/C20H19BrO2/c21-20-18(10-9-16-11-13-22-14-12-16)7-4-8-19(20)23-15-17-5-2-1-3-6-17/h1-8,16H,11-15H2. The van der Waals surface area contributed by atoms with Gasteiger partial charge in [-0.3, -0.25) is 0 Å². The van der Waals surface area contributed by atoms with Crippen LogP contribution in [0, 0.1) is 17.8 Å². The summed E-state index contributed by atoms with van der Waals surface area (Å²) >= 11 is 3.63. The lowest BCUT2D eigenvalue weighted by atomic mass is 10.0. The van der Waals surface area contributed by atoms with Crippen molar-refractivity contribution in [1.82, 2.24) is 0 Å². The lowest BCUT2D eigenvalue weighted by molar-refractivity contribution is 0.0807. The Morgan fingerprint density at radius 2 is 1.83 bits per heavy atom. The molecule has 1 aliphatic heterocycles. The number of rotatable bonds is 3. The summed E-state index contributed by atoms with van der Waals surface area (Å²) < 4.78 is 12.2. The van der Waals surface area contributed by atoms with Crippen molar-refractivity contribution >= 4 is 15.9 Å². The van der Waals surface area contributed by atoms with E-state index in [2.05, 4.69) is 39.9 Å². The molecule has 2 aromatic carbocycles. The molecular formula is C20H19BrO2. The zero-order valence-corrected chi connectivity index (χ0v) is 14.5. The van der Waals surface area contributed by atoms with Crippen LogP contribution in [0.4, 0.5) is 0 Å². The lowest BCUT2D eigenvalue weighted by Gasteiger charge is -2.16. The molecule has 118 valence electrons. The summed E-state index contributed by atoms with van der Waals surface area (Å²) in [6, 6.07) is 16.1. The van der Waals surface area contributed by atoms with Crippen molar-refractivity contribution in [3.8, 4) is 17.6 Å². The zero-order chi connectivity index (χ0) is 15.9. The van der Waals surface area contributed by atoms with E-state index in [9.17, 15) is 0 Å². The van der Waals surface area contributed by atoms with E-state index in [1.807, 2.05) is 36.4 Å².